The van der Waals surface area contributed by atoms with E-state index in [1.165, 1.54) is 0 Å². The van der Waals surface area contributed by atoms with Crippen molar-refractivity contribution in [3.63, 3.8) is 0 Å². The first kappa shape index (κ1) is 24.9. The molecule has 0 aromatic carbocycles. The van der Waals surface area contributed by atoms with Crippen molar-refractivity contribution in [1.82, 2.24) is 4.90 Å². The fraction of sp³-hybridized carbons (Fsp3) is 0.833. The Hall–Kier alpha value is 0.900. The Kier molecular flexibility index (Phi) is 18.2. The van der Waals surface area contributed by atoms with Crippen molar-refractivity contribution in [3.05, 3.63) is 0 Å². The summed E-state index contributed by atoms with van der Waals surface area (Å²) < 4.78 is 0. The summed E-state index contributed by atoms with van der Waals surface area (Å²) in [4.78, 5) is 23.3. The third-order valence-electron chi connectivity index (χ3n) is 2.98. The first-order valence-corrected chi connectivity index (χ1v) is 6.06. The quantitative estimate of drug-likeness (QED) is 0.311. The Balaban J connectivity index is -0.00000128. The molecule has 7 heteroatoms. The van der Waals surface area contributed by atoms with Gasteiger partial charge in [0, 0.05) is 12.5 Å². The van der Waals surface area contributed by atoms with Gasteiger partial charge in [0.1, 0.15) is 0 Å². The maximum absolute atomic E-state index is 10.5. The van der Waals surface area contributed by atoms with Crippen LogP contribution >= 0.6 is 0 Å². The minimum atomic E-state index is -1.56. The molecule has 0 rings (SSSR count). The molecule has 0 fully saturated rings. The molecule has 0 saturated heterocycles. The average Bonchev–Trinajstić information content (AvgIpc) is 2.25. The van der Waals surface area contributed by atoms with Crippen LogP contribution in [0.15, 0.2) is 0 Å². The molecule has 0 heterocycles. The Morgan fingerprint density at radius 1 is 1.00 bits per heavy atom. The number of carbonyl (C=O) groups is 2. The Morgan fingerprint density at radius 3 is 1.74 bits per heavy atom. The molecular formula is C12H21NNa2O4. The number of hydrogen-bond donors (Lipinski definition) is 0. The normalized spacial score (nSPS) is 11.6. The number of hydrogen-bond acceptors (Lipinski definition) is 5. The van der Waals surface area contributed by atoms with Crippen LogP contribution < -0.4 is 69.3 Å². The van der Waals surface area contributed by atoms with Gasteiger partial charge in [-0.2, -0.15) is 0 Å². The molecule has 100 valence electrons. The topological polar surface area (TPSA) is 83.5 Å². The molecule has 0 aliphatic rings. The largest absolute Gasteiger partial charge is 1.00 e. The van der Waals surface area contributed by atoms with Crippen LogP contribution in [0.1, 0.15) is 33.6 Å². The Morgan fingerprint density at radius 2 is 1.42 bits per heavy atom. The van der Waals surface area contributed by atoms with Gasteiger partial charge in [-0.3, -0.25) is 0 Å². The summed E-state index contributed by atoms with van der Waals surface area (Å²) in [6, 6.07) is 0. The van der Waals surface area contributed by atoms with Crippen LogP contribution in [0.4, 0.5) is 0 Å². The molecule has 0 radical (unpaired) electrons. The van der Waals surface area contributed by atoms with Crippen molar-refractivity contribution in [3.8, 4) is 0 Å². The number of rotatable bonds is 9. The molecule has 0 N–H and O–H groups in total. The van der Waals surface area contributed by atoms with E-state index in [1.807, 2.05) is 6.92 Å². The second-order valence-corrected chi connectivity index (χ2v) is 4.36. The summed E-state index contributed by atoms with van der Waals surface area (Å²) in [5.74, 6) is -4.34. The summed E-state index contributed by atoms with van der Waals surface area (Å²) in [6.07, 6.45) is 0.621. The van der Waals surface area contributed by atoms with E-state index in [-0.39, 0.29) is 71.5 Å². The Bertz CT molecular complexity index is 246. The molecular weight excluding hydrogens is 268 g/mol. The standard InChI is InChI=1S/C12H23NO4.2Na/c1-4-13(5-2)8-9(3)6-7-10(11(14)15)12(16)17;;/h9-10H,4-8H2,1-3H3,(H,14,15)(H,16,17);;/q;2*+1/p-2. The van der Waals surface area contributed by atoms with Gasteiger partial charge in [0.15, 0.2) is 0 Å². The van der Waals surface area contributed by atoms with E-state index >= 15 is 0 Å². The van der Waals surface area contributed by atoms with Crippen LogP contribution in [0.5, 0.6) is 0 Å². The SMILES string of the molecule is CCN(CC)CC(C)CCC(C(=O)[O-])C(=O)[O-].[Na+].[Na+]. The minimum Gasteiger partial charge on any atom is -0.549 e. The summed E-state index contributed by atoms with van der Waals surface area (Å²) in [7, 11) is 0. The molecule has 0 aromatic rings. The van der Waals surface area contributed by atoms with Crippen molar-refractivity contribution >= 4 is 11.9 Å². The van der Waals surface area contributed by atoms with Crippen molar-refractivity contribution < 1.29 is 78.9 Å². The molecule has 0 aliphatic heterocycles. The van der Waals surface area contributed by atoms with Gasteiger partial charge < -0.3 is 24.7 Å². The van der Waals surface area contributed by atoms with E-state index in [9.17, 15) is 19.8 Å². The zero-order valence-electron chi connectivity index (χ0n) is 12.8. The second kappa shape index (κ2) is 13.9. The zero-order chi connectivity index (χ0) is 13.4. The predicted molar refractivity (Wildman–Crippen MR) is 59.7 cm³/mol. The molecule has 0 aromatic heterocycles. The van der Waals surface area contributed by atoms with E-state index < -0.39 is 17.9 Å². The van der Waals surface area contributed by atoms with Crippen LogP contribution in [0.3, 0.4) is 0 Å². The van der Waals surface area contributed by atoms with Crippen LogP contribution in [-0.2, 0) is 9.59 Å². The van der Waals surface area contributed by atoms with E-state index in [2.05, 4.69) is 18.7 Å². The van der Waals surface area contributed by atoms with E-state index in [1.54, 1.807) is 0 Å². The van der Waals surface area contributed by atoms with Gasteiger partial charge in [0.25, 0.3) is 0 Å². The third-order valence-corrected chi connectivity index (χ3v) is 2.98. The van der Waals surface area contributed by atoms with Gasteiger partial charge in [-0.25, -0.2) is 0 Å². The summed E-state index contributed by atoms with van der Waals surface area (Å²) >= 11 is 0. The fourth-order valence-electron chi connectivity index (χ4n) is 1.80. The van der Waals surface area contributed by atoms with Crippen molar-refractivity contribution in [1.29, 1.82) is 0 Å². The van der Waals surface area contributed by atoms with Gasteiger partial charge in [-0.05, 0) is 31.8 Å². The van der Waals surface area contributed by atoms with Gasteiger partial charge in [-0.15, -0.1) is 0 Å². The summed E-state index contributed by atoms with van der Waals surface area (Å²) in [5.41, 5.74) is 0. The molecule has 0 amide bonds. The van der Waals surface area contributed by atoms with Crippen LogP contribution in [0, 0.1) is 11.8 Å². The first-order chi connectivity index (χ1) is 7.92. The Labute approximate surface area is 159 Å². The molecule has 19 heavy (non-hydrogen) atoms. The zero-order valence-corrected chi connectivity index (χ0v) is 16.8. The first-order valence-electron chi connectivity index (χ1n) is 6.06. The number of nitrogens with zero attached hydrogens (tertiary/aromatic N) is 1. The molecule has 0 saturated carbocycles. The van der Waals surface area contributed by atoms with Gasteiger partial charge in [0.05, 0.1) is 11.9 Å². The monoisotopic (exact) mass is 289 g/mol. The number of carboxylic acids is 2. The predicted octanol–water partition coefficient (Wildman–Crippen LogP) is -7.13. The van der Waals surface area contributed by atoms with Crippen molar-refractivity contribution in [2.75, 3.05) is 19.6 Å². The summed E-state index contributed by atoms with van der Waals surface area (Å²) in [6.45, 7) is 8.82. The number of carboxylic acid groups (broad SMARTS) is 2. The number of aliphatic carboxylic acids is 2. The van der Waals surface area contributed by atoms with Gasteiger partial charge >= 0.3 is 59.1 Å². The fourth-order valence-corrected chi connectivity index (χ4v) is 1.80. The molecule has 1 atom stereocenters. The molecule has 1 unspecified atom stereocenters. The molecule has 0 bridgehead atoms. The van der Waals surface area contributed by atoms with Gasteiger partial charge in [-0.1, -0.05) is 20.8 Å². The van der Waals surface area contributed by atoms with Crippen LogP contribution in [0.2, 0.25) is 0 Å². The van der Waals surface area contributed by atoms with Crippen LogP contribution in [0.25, 0.3) is 0 Å². The third kappa shape index (κ3) is 11.3. The van der Waals surface area contributed by atoms with E-state index in [0.717, 1.165) is 19.6 Å². The van der Waals surface area contributed by atoms with Gasteiger partial charge in [0.2, 0.25) is 0 Å². The second-order valence-electron chi connectivity index (χ2n) is 4.36. The smallest absolute Gasteiger partial charge is 0.549 e. The average molecular weight is 289 g/mol. The van der Waals surface area contributed by atoms with Crippen molar-refractivity contribution in [2.45, 2.75) is 33.6 Å². The van der Waals surface area contributed by atoms with Crippen molar-refractivity contribution in [2.24, 2.45) is 11.8 Å². The molecule has 0 aliphatic carbocycles. The minimum absolute atomic E-state index is 0. The van der Waals surface area contributed by atoms with E-state index in [0.29, 0.717) is 6.42 Å². The molecule has 5 nitrogen and oxygen atoms in total. The number of carbonyl (C=O) groups excluding carboxylic acids is 2. The maximum atomic E-state index is 10.5. The molecule has 0 spiro atoms. The van der Waals surface area contributed by atoms with E-state index in [4.69, 9.17) is 0 Å². The van der Waals surface area contributed by atoms with Crippen LogP contribution in [-0.4, -0.2) is 36.5 Å². The maximum Gasteiger partial charge on any atom is 1.00 e. The summed E-state index contributed by atoms with van der Waals surface area (Å²) in [5, 5.41) is 21.1.